The number of carboxylic acids is 1. The number of carbonyl (C=O) groups is 2. The van der Waals surface area contributed by atoms with E-state index >= 15 is 0 Å². The van der Waals surface area contributed by atoms with Gasteiger partial charge in [-0.25, -0.2) is 9.59 Å². The number of urea groups is 1. The number of nitrogens with one attached hydrogen (secondary N) is 1. The summed E-state index contributed by atoms with van der Waals surface area (Å²) in [6, 6.07) is -0.423. The Labute approximate surface area is 112 Å². The van der Waals surface area contributed by atoms with Gasteiger partial charge in [-0.1, -0.05) is 0 Å². The molecule has 2 N–H and O–H groups in total. The van der Waals surface area contributed by atoms with Crippen LogP contribution in [0.1, 0.15) is 32.1 Å². The number of nitrogens with zero attached hydrogens (tertiary/aromatic N) is 1. The van der Waals surface area contributed by atoms with Gasteiger partial charge in [0.1, 0.15) is 6.04 Å². The fraction of sp³-hybridized carbons (Fsp3) is 0.857. The molecule has 1 aliphatic heterocycles. The van der Waals surface area contributed by atoms with Crippen molar-refractivity contribution in [2.75, 3.05) is 6.54 Å². The van der Waals surface area contributed by atoms with Crippen LogP contribution in [0.3, 0.4) is 0 Å². The Bertz CT molecular complexity index is 422. The van der Waals surface area contributed by atoms with Gasteiger partial charge in [0.2, 0.25) is 0 Å². The average molecular weight is 264 g/mol. The van der Waals surface area contributed by atoms with Crippen molar-refractivity contribution in [3.63, 3.8) is 0 Å². The molecular formula is C14H20N2O3. The third-order valence-electron chi connectivity index (χ3n) is 5.82. The Hall–Kier alpha value is -1.26. The number of fused-ring (bicyclic) bond motifs is 5. The maximum atomic E-state index is 12.2. The molecule has 0 spiro atoms. The first kappa shape index (κ1) is 11.6. The van der Waals surface area contributed by atoms with Crippen LogP contribution < -0.4 is 5.32 Å². The van der Waals surface area contributed by atoms with Crippen molar-refractivity contribution in [1.29, 1.82) is 0 Å². The van der Waals surface area contributed by atoms with Crippen molar-refractivity contribution >= 4 is 12.0 Å². The first-order valence-electron chi connectivity index (χ1n) is 7.47. The van der Waals surface area contributed by atoms with Crippen molar-refractivity contribution in [3.05, 3.63) is 0 Å². The fourth-order valence-corrected chi connectivity index (χ4v) is 5.01. The largest absolute Gasteiger partial charge is 0.480 e. The molecule has 1 saturated heterocycles. The van der Waals surface area contributed by atoms with E-state index in [0.29, 0.717) is 30.8 Å². The Morgan fingerprint density at radius 2 is 1.79 bits per heavy atom. The van der Waals surface area contributed by atoms with Crippen molar-refractivity contribution in [2.45, 2.75) is 44.2 Å². The van der Waals surface area contributed by atoms with Crippen LogP contribution in [-0.2, 0) is 4.79 Å². The molecule has 5 nitrogen and oxygen atoms in total. The van der Waals surface area contributed by atoms with Crippen LogP contribution in [0, 0.1) is 23.7 Å². The summed E-state index contributed by atoms with van der Waals surface area (Å²) in [5.41, 5.74) is 0. The lowest BCUT2D eigenvalue weighted by atomic mass is 10.0. The first-order chi connectivity index (χ1) is 9.16. The van der Waals surface area contributed by atoms with Gasteiger partial charge in [-0.2, -0.15) is 0 Å². The number of carbonyl (C=O) groups excluding carboxylic acids is 1. The van der Waals surface area contributed by atoms with E-state index in [2.05, 4.69) is 5.32 Å². The SMILES string of the molecule is O=C(O)[C@H]1CCCN1C(=O)NC1C2C3CCC(C3)C12. The summed E-state index contributed by atoms with van der Waals surface area (Å²) in [7, 11) is 0. The maximum absolute atomic E-state index is 12.2. The van der Waals surface area contributed by atoms with Crippen LogP contribution in [0.5, 0.6) is 0 Å². The normalized spacial score (nSPS) is 46.2. The number of aliphatic carboxylic acids is 1. The number of rotatable bonds is 2. The summed E-state index contributed by atoms with van der Waals surface area (Å²) in [5, 5.41) is 12.2. The van der Waals surface area contributed by atoms with E-state index in [0.717, 1.165) is 18.3 Å². The predicted octanol–water partition coefficient (Wildman–Crippen LogP) is 1.29. The maximum Gasteiger partial charge on any atom is 0.326 e. The van der Waals surface area contributed by atoms with E-state index in [1.54, 1.807) is 0 Å². The van der Waals surface area contributed by atoms with Gasteiger partial charge in [0, 0.05) is 12.6 Å². The van der Waals surface area contributed by atoms with E-state index in [4.69, 9.17) is 5.11 Å². The minimum absolute atomic E-state index is 0.149. The van der Waals surface area contributed by atoms with Gasteiger partial charge in [-0.15, -0.1) is 0 Å². The summed E-state index contributed by atoms with van der Waals surface area (Å²) >= 11 is 0. The highest BCUT2D eigenvalue weighted by atomic mass is 16.4. The quantitative estimate of drug-likeness (QED) is 0.789. The van der Waals surface area contributed by atoms with Crippen LogP contribution in [0.25, 0.3) is 0 Å². The Morgan fingerprint density at radius 3 is 2.42 bits per heavy atom. The van der Waals surface area contributed by atoms with Gasteiger partial charge in [0.25, 0.3) is 0 Å². The molecule has 0 aromatic rings. The Balaban J connectivity index is 1.39. The predicted molar refractivity (Wildman–Crippen MR) is 67.5 cm³/mol. The van der Waals surface area contributed by atoms with Crippen molar-refractivity contribution < 1.29 is 14.7 Å². The lowest BCUT2D eigenvalue weighted by Gasteiger charge is -2.22. The highest BCUT2D eigenvalue weighted by Crippen LogP contribution is 2.65. The summed E-state index contributed by atoms with van der Waals surface area (Å²) in [5.74, 6) is 2.19. The summed E-state index contributed by atoms with van der Waals surface area (Å²) in [6.45, 7) is 0.581. The van der Waals surface area contributed by atoms with E-state index in [9.17, 15) is 9.59 Å². The molecule has 2 bridgehead atoms. The third kappa shape index (κ3) is 1.60. The summed E-state index contributed by atoms with van der Waals surface area (Å²) in [4.78, 5) is 24.8. The Morgan fingerprint density at radius 1 is 1.11 bits per heavy atom. The molecule has 19 heavy (non-hydrogen) atoms. The van der Waals surface area contributed by atoms with E-state index in [1.807, 2.05) is 0 Å². The molecule has 4 rings (SSSR count). The zero-order valence-electron chi connectivity index (χ0n) is 10.9. The average Bonchev–Trinajstić information content (AvgIpc) is 2.86. The second-order valence-corrected chi connectivity index (χ2v) is 6.65. The monoisotopic (exact) mass is 264 g/mol. The lowest BCUT2D eigenvalue weighted by Crippen LogP contribution is -2.47. The van der Waals surface area contributed by atoms with Gasteiger partial charge in [-0.05, 0) is 55.8 Å². The van der Waals surface area contributed by atoms with Gasteiger partial charge in [0.15, 0.2) is 0 Å². The molecule has 4 fully saturated rings. The molecule has 5 atom stereocenters. The van der Waals surface area contributed by atoms with Crippen LogP contribution >= 0.6 is 0 Å². The van der Waals surface area contributed by atoms with Crippen molar-refractivity contribution in [1.82, 2.24) is 10.2 Å². The molecule has 5 heteroatoms. The highest BCUT2D eigenvalue weighted by molar-refractivity contribution is 5.83. The third-order valence-corrected chi connectivity index (χ3v) is 5.82. The van der Waals surface area contributed by atoms with Crippen LogP contribution in [-0.4, -0.2) is 40.6 Å². The molecule has 3 aliphatic carbocycles. The van der Waals surface area contributed by atoms with Crippen LogP contribution in [0.2, 0.25) is 0 Å². The van der Waals surface area contributed by atoms with Gasteiger partial charge in [0.05, 0.1) is 0 Å². The Kier molecular flexibility index (Phi) is 2.35. The smallest absolute Gasteiger partial charge is 0.326 e. The topological polar surface area (TPSA) is 69.6 Å². The first-order valence-corrected chi connectivity index (χ1v) is 7.47. The fourth-order valence-electron chi connectivity index (χ4n) is 5.01. The number of carboxylic acid groups (broad SMARTS) is 1. The molecule has 0 radical (unpaired) electrons. The van der Waals surface area contributed by atoms with Gasteiger partial charge >= 0.3 is 12.0 Å². The van der Waals surface area contributed by atoms with Crippen molar-refractivity contribution in [2.24, 2.45) is 23.7 Å². The zero-order valence-corrected chi connectivity index (χ0v) is 10.9. The van der Waals surface area contributed by atoms with E-state index in [1.165, 1.54) is 24.2 Å². The van der Waals surface area contributed by atoms with Crippen LogP contribution in [0.15, 0.2) is 0 Å². The number of likely N-dealkylation sites (tertiary alicyclic amines) is 1. The standard InChI is InChI=1S/C14H20N2O3/c17-13(18)9-2-1-5-16(9)14(19)15-12-10-7-3-4-8(6-7)11(10)12/h7-12H,1-6H2,(H,15,19)(H,17,18)/t7?,8?,9-,10?,11?,12?/m1/s1. The van der Waals surface area contributed by atoms with Crippen molar-refractivity contribution in [3.8, 4) is 0 Å². The van der Waals surface area contributed by atoms with E-state index in [-0.39, 0.29) is 6.03 Å². The van der Waals surface area contributed by atoms with E-state index < -0.39 is 12.0 Å². The number of hydrogen-bond acceptors (Lipinski definition) is 2. The van der Waals surface area contributed by atoms with Gasteiger partial charge < -0.3 is 15.3 Å². The van der Waals surface area contributed by atoms with Gasteiger partial charge in [-0.3, -0.25) is 0 Å². The molecule has 4 unspecified atom stereocenters. The minimum Gasteiger partial charge on any atom is -0.480 e. The second-order valence-electron chi connectivity index (χ2n) is 6.65. The molecule has 0 aromatic carbocycles. The summed E-state index contributed by atoms with van der Waals surface area (Å²) < 4.78 is 0. The lowest BCUT2D eigenvalue weighted by molar-refractivity contribution is -0.141. The highest BCUT2D eigenvalue weighted by Gasteiger charge is 2.65. The minimum atomic E-state index is -0.872. The molecule has 0 aromatic heterocycles. The second kappa shape index (κ2) is 3.87. The molecular weight excluding hydrogens is 244 g/mol. The molecule has 2 amide bonds. The molecule has 1 heterocycles. The zero-order chi connectivity index (χ0) is 13.1. The molecule has 4 aliphatic rings. The number of amides is 2. The van der Waals surface area contributed by atoms with Crippen LogP contribution in [0.4, 0.5) is 4.79 Å². The number of hydrogen-bond donors (Lipinski definition) is 2. The molecule has 3 saturated carbocycles. The summed E-state index contributed by atoms with van der Waals surface area (Å²) in [6.07, 6.45) is 5.42. The molecule has 104 valence electrons.